The predicted octanol–water partition coefficient (Wildman–Crippen LogP) is 2.13. The van der Waals surface area contributed by atoms with Crippen LogP contribution < -0.4 is 5.73 Å². The second-order valence-corrected chi connectivity index (χ2v) is 5.28. The normalized spacial score (nSPS) is 17.5. The van der Waals surface area contributed by atoms with Crippen molar-refractivity contribution in [3.05, 3.63) is 29.3 Å². The number of aliphatic carboxylic acids is 1. The molecular weight excluding hydrogens is 240 g/mol. The minimum atomic E-state index is -0.656. The van der Waals surface area contributed by atoms with Crippen LogP contribution in [0.25, 0.3) is 0 Å². The number of carbonyl (C=O) groups is 1. The molecule has 3 N–H and O–H groups in total. The van der Waals surface area contributed by atoms with Gasteiger partial charge in [-0.15, -0.1) is 0 Å². The lowest BCUT2D eigenvalue weighted by Crippen LogP contribution is -2.35. The molecule has 1 aliphatic rings. The molecule has 1 saturated heterocycles. The van der Waals surface area contributed by atoms with E-state index < -0.39 is 5.97 Å². The molecule has 0 unspecified atom stereocenters. The van der Waals surface area contributed by atoms with Crippen LogP contribution in [0, 0.1) is 5.92 Å². The first-order valence-electron chi connectivity index (χ1n) is 6.92. The van der Waals surface area contributed by atoms with Crippen LogP contribution in [0.1, 0.15) is 30.9 Å². The number of hydrogen-bond donors (Lipinski definition) is 2. The van der Waals surface area contributed by atoms with Crippen LogP contribution in [0.5, 0.6) is 0 Å². The van der Waals surface area contributed by atoms with E-state index in [1.807, 2.05) is 6.07 Å². The molecule has 1 fully saturated rings. The molecule has 4 nitrogen and oxygen atoms in total. The number of likely N-dealkylation sites (tertiary alicyclic amines) is 1. The first-order valence-corrected chi connectivity index (χ1v) is 6.92. The SMILES string of the molecule is CCc1ccc(CN2CCC(C(=O)O)CC2)cc1N. The molecule has 1 heterocycles. The molecule has 1 aromatic rings. The monoisotopic (exact) mass is 262 g/mol. The topological polar surface area (TPSA) is 66.6 Å². The molecule has 0 amide bonds. The Labute approximate surface area is 114 Å². The Morgan fingerprint density at radius 3 is 2.63 bits per heavy atom. The zero-order chi connectivity index (χ0) is 13.8. The lowest BCUT2D eigenvalue weighted by Gasteiger charge is -2.30. The fourth-order valence-corrected chi connectivity index (χ4v) is 2.66. The van der Waals surface area contributed by atoms with Gasteiger partial charge in [-0.1, -0.05) is 19.1 Å². The van der Waals surface area contributed by atoms with Crippen molar-refractivity contribution in [2.45, 2.75) is 32.7 Å². The summed E-state index contributed by atoms with van der Waals surface area (Å²) < 4.78 is 0. The van der Waals surface area contributed by atoms with E-state index in [0.29, 0.717) is 0 Å². The minimum absolute atomic E-state index is 0.163. The molecule has 0 saturated carbocycles. The van der Waals surface area contributed by atoms with Gasteiger partial charge in [-0.05, 0) is 49.5 Å². The van der Waals surface area contributed by atoms with E-state index in [1.54, 1.807) is 0 Å². The fourth-order valence-electron chi connectivity index (χ4n) is 2.66. The molecule has 104 valence electrons. The maximum absolute atomic E-state index is 10.9. The summed E-state index contributed by atoms with van der Waals surface area (Å²) in [6.07, 6.45) is 2.45. The van der Waals surface area contributed by atoms with Crippen LogP contribution in [0.3, 0.4) is 0 Å². The third-order valence-electron chi connectivity index (χ3n) is 3.93. The molecule has 0 spiro atoms. The number of piperidine rings is 1. The first kappa shape index (κ1) is 13.9. The van der Waals surface area contributed by atoms with Crippen LogP contribution in [0.15, 0.2) is 18.2 Å². The number of carboxylic acids is 1. The van der Waals surface area contributed by atoms with E-state index in [-0.39, 0.29) is 5.92 Å². The van der Waals surface area contributed by atoms with E-state index in [4.69, 9.17) is 10.8 Å². The van der Waals surface area contributed by atoms with Crippen LogP contribution in [0.4, 0.5) is 5.69 Å². The molecule has 19 heavy (non-hydrogen) atoms. The summed E-state index contributed by atoms with van der Waals surface area (Å²) in [5, 5.41) is 8.97. The second kappa shape index (κ2) is 6.06. The van der Waals surface area contributed by atoms with Gasteiger partial charge in [0.25, 0.3) is 0 Å². The highest BCUT2D eigenvalue weighted by Gasteiger charge is 2.24. The van der Waals surface area contributed by atoms with Crippen molar-refractivity contribution in [1.82, 2.24) is 4.90 Å². The molecule has 0 atom stereocenters. The molecule has 2 rings (SSSR count). The Balaban J connectivity index is 1.92. The summed E-state index contributed by atoms with van der Waals surface area (Å²) in [6.45, 7) is 4.67. The van der Waals surface area contributed by atoms with Gasteiger partial charge in [-0.2, -0.15) is 0 Å². The second-order valence-electron chi connectivity index (χ2n) is 5.28. The average Bonchev–Trinajstić information content (AvgIpc) is 2.39. The van der Waals surface area contributed by atoms with Gasteiger partial charge >= 0.3 is 5.97 Å². The molecule has 1 aromatic carbocycles. The van der Waals surface area contributed by atoms with Crippen LogP contribution in [-0.4, -0.2) is 29.1 Å². The quantitative estimate of drug-likeness (QED) is 0.816. The number of anilines is 1. The zero-order valence-corrected chi connectivity index (χ0v) is 11.4. The number of nitrogen functional groups attached to an aromatic ring is 1. The maximum Gasteiger partial charge on any atom is 0.306 e. The first-order chi connectivity index (χ1) is 9.10. The zero-order valence-electron chi connectivity index (χ0n) is 11.4. The van der Waals surface area contributed by atoms with Gasteiger partial charge in [0.05, 0.1) is 5.92 Å². The lowest BCUT2D eigenvalue weighted by atomic mass is 9.96. The average molecular weight is 262 g/mol. The maximum atomic E-state index is 10.9. The highest BCUT2D eigenvalue weighted by Crippen LogP contribution is 2.21. The standard InChI is InChI=1S/C15H22N2O2/c1-2-12-4-3-11(9-14(12)16)10-17-7-5-13(6-8-17)15(18)19/h3-4,9,13H,2,5-8,10,16H2,1H3,(H,18,19). The van der Waals surface area contributed by atoms with Gasteiger partial charge in [0.1, 0.15) is 0 Å². The van der Waals surface area contributed by atoms with E-state index in [2.05, 4.69) is 24.0 Å². The molecule has 0 radical (unpaired) electrons. The Morgan fingerprint density at radius 2 is 2.11 bits per heavy atom. The fraction of sp³-hybridized carbons (Fsp3) is 0.533. The summed E-state index contributed by atoms with van der Waals surface area (Å²) in [5.41, 5.74) is 9.26. The number of nitrogens with two attached hydrogens (primary N) is 1. The van der Waals surface area contributed by atoms with E-state index in [9.17, 15) is 4.79 Å². The van der Waals surface area contributed by atoms with Crippen LogP contribution in [0.2, 0.25) is 0 Å². The number of rotatable bonds is 4. The van der Waals surface area contributed by atoms with Crippen molar-refractivity contribution >= 4 is 11.7 Å². The smallest absolute Gasteiger partial charge is 0.306 e. The highest BCUT2D eigenvalue weighted by molar-refractivity contribution is 5.70. The van der Waals surface area contributed by atoms with Gasteiger partial charge in [-0.25, -0.2) is 0 Å². The summed E-state index contributed by atoms with van der Waals surface area (Å²) in [4.78, 5) is 13.2. The molecule has 0 bridgehead atoms. The van der Waals surface area contributed by atoms with Crippen molar-refractivity contribution in [3.8, 4) is 0 Å². The highest BCUT2D eigenvalue weighted by atomic mass is 16.4. The predicted molar refractivity (Wildman–Crippen MR) is 75.9 cm³/mol. The Morgan fingerprint density at radius 1 is 1.42 bits per heavy atom. The molecule has 0 aromatic heterocycles. The number of carboxylic acid groups (broad SMARTS) is 1. The number of benzene rings is 1. The van der Waals surface area contributed by atoms with Crippen molar-refractivity contribution in [3.63, 3.8) is 0 Å². The van der Waals surface area contributed by atoms with Gasteiger partial charge in [-0.3, -0.25) is 9.69 Å². The van der Waals surface area contributed by atoms with Crippen molar-refractivity contribution < 1.29 is 9.90 Å². The summed E-state index contributed by atoms with van der Waals surface area (Å²) in [7, 11) is 0. The third-order valence-corrected chi connectivity index (χ3v) is 3.93. The van der Waals surface area contributed by atoms with Crippen molar-refractivity contribution in [1.29, 1.82) is 0 Å². The van der Waals surface area contributed by atoms with E-state index in [0.717, 1.165) is 44.6 Å². The minimum Gasteiger partial charge on any atom is -0.481 e. The molecule has 4 heteroatoms. The molecular formula is C15H22N2O2. The van der Waals surface area contributed by atoms with Crippen LogP contribution >= 0.6 is 0 Å². The number of hydrogen-bond acceptors (Lipinski definition) is 3. The summed E-state index contributed by atoms with van der Waals surface area (Å²) >= 11 is 0. The van der Waals surface area contributed by atoms with Gasteiger partial charge < -0.3 is 10.8 Å². The Bertz CT molecular complexity index is 451. The Hall–Kier alpha value is -1.55. The van der Waals surface area contributed by atoms with Gasteiger partial charge in [0, 0.05) is 12.2 Å². The third kappa shape index (κ3) is 3.47. The van der Waals surface area contributed by atoms with Gasteiger partial charge in [0.15, 0.2) is 0 Å². The van der Waals surface area contributed by atoms with Gasteiger partial charge in [0.2, 0.25) is 0 Å². The number of aryl methyl sites for hydroxylation is 1. The summed E-state index contributed by atoms with van der Waals surface area (Å²) in [6, 6.07) is 6.26. The van der Waals surface area contributed by atoms with Crippen LogP contribution in [-0.2, 0) is 17.8 Å². The summed E-state index contributed by atoms with van der Waals surface area (Å²) in [5.74, 6) is -0.819. The molecule has 1 aliphatic heterocycles. The largest absolute Gasteiger partial charge is 0.481 e. The molecule has 0 aliphatic carbocycles. The Kier molecular flexibility index (Phi) is 4.43. The van der Waals surface area contributed by atoms with E-state index in [1.165, 1.54) is 11.1 Å². The van der Waals surface area contributed by atoms with Crippen molar-refractivity contribution in [2.75, 3.05) is 18.8 Å². The van der Waals surface area contributed by atoms with Crippen molar-refractivity contribution in [2.24, 2.45) is 5.92 Å². The van der Waals surface area contributed by atoms with E-state index >= 15 is 0 Å². The lowest BCUT2D eigenvalue weighted by molar-refractivity contribution is -0.143. The number of nitrogens with zero attached hydrogens (tertiary/aromatic N) is 1.